The minimum Gasteiger partial charge on any atom is -0.365 e. The molecule has 5 heteroatoms. The minimum atomic E-state index is 0.00691. The van der Waals surface area contributed by atoms with Gasteiger partial charge in [0.15, 0.2) is 0 Å². The number of benzene rings is 1. The lowest BCUT2D eigenvalue weighted by molar-refractivity contribution is 0.676. The molecular formula is C15H17N3OS. The summed E-state index contributed by atoms with van der Waals surface area (Å²) in [7, 11) is 1.70. The van der Waals surface area contributed by atoms with Gasteiger partial charge in [-0.3, -0.25) is 4.79 Å². The van der Waals surface area contributed by atoms with E-state index in [1.165, 1.54) is 10.2 Å². The van der Waals surface area contributed by atoms with Gasteiger partial charge < -0.3 is 4.90 Å². The normalized spacial score (nSPS) is 14.8. The van der Waals surface area contributed by atoms with Crippen molar-refractivity contribution in [1.29, 1.82) is 0 Å². The van der Waals surface area contributed by atoms with E-state index < -0.39 is 0 Å². The minimum absolute atomic E-state index is 0.00691. The lowest BCUT2D eigenvalue weighted by Crippen LogP contribution is -2.28. The first-order chi connectivity index (χ1) is 9.75. The van der Waals surface area contributed by atoms with Crippen LogP contribution >= 0.6 is 11.8 Å². The number of aryl methyl sites for hydroxylation is 1. The molecule has 1 aliphatic rings. The first-order valence-electron chi connectivity index (χ1n) is 6.73. The van der Waals surface area contributed by atoms with Crippen molar-refractivity contribution in [2.45, 2.75) is 17.9 Å². The Bertz CT molecular complexity index is 654. The third kappa shape index (κ3) is 2.58. The van der Waals surface area contributed by atoms with Crippen LogP contribution in [0.5, 0.6) is 0 Å². The third-order valence-corrected chi connectivity index (χ3v) is 4.61. The monoisotopic (exact) mass is 287 g/mol. The molecule has 2 aromatic rings. The highest BCUT2D eigenvalue weighted by atomic mass is 32.2. The molecule has 20 heavy (non-hydrogen) atoms. The maximum absolute atomic E-state index is 12.2. The van der Waals surface area contributed by atoms with E-state index in [2.05, 4.69) is 22.1 Å². The first kappa shape index (κ1) is 13.2. The molecule has 4 nitrogen and oxygen atoms in total. The van der Waals surface area contributed by atoms with Crippen molar-refractivity contribution < 1.29 is 0 Å². The van der Waals surface area contributed by atoms with Gasteiger partial charge in [0, 0.05) is 20.1 Å². The SMILES string of the molecule is Cn1ncc2c(c1=O)SCCCN2Cc1ccccc1. The number of fused-ring (bicyclic) bond motifs is 1. The summed E-state index contributed by atoms with van der Waals surface area (Å²) in [4.78, 5) is 15.3. The summed E-state index contributed by atoms with van der Waals surface area (Å²) in [6.07, 6.45) is 2.90. The van der Waals surface area contributed by atoms with E-state index in [1.807, 2.05) is 24.4 Å². The Balaban J connectivity index is 1.98. The molecule has 1 aromatic carbocycles. The topological polar surface area (TPSA) is 38.1 Å². The lowest BCUT2D eigenvalue weighted by atomic mass is 10.2. The van der Waals surface area contributed by atoms with Crippen LogP contribution in [0.1, 0.15) is 12.0 Å². The maximum atomic E-state index is 12.2. The molecule has 0 spiro atoms. The Hall–Kier alpha value is -1.75. The van der Waals surface area contributed by atoms with Crippen LogP contribution < -0.4 is 10.5 Å². The molecule has 1 aliphatic heterocycles. The standard InChI is InChI=1S/C15H17N3OS/c1-17-15(19)14-13(10-16-17)18(8-5-9-20-14)11-12-6-3-2-4-7-12/h2-4,6-7,10H,5,8-9,11H2,1H3. The Morgan fingerprint density at radius 2 is 2.10 bits per heavy atom. The summed E-state index contributed by atoms with van der Waals surface area (Å²) in [5, 5.41) is 4.17. The summed E-state index contributed by atoms with van der Waals surface area (Å²) in [6, 6.07) is 10.3. The fourth-order valence-electron chi connectivity index (χ4n) is 2.39. The van der Waals surface area contributed by atoms with Crippen molar-refractivity contribution in [2.24, 2.45) is 7.05 Å². The number of aromatic nitrogens is 2. The highest BCUT2D eigenvalue weighted by Crippen LogP contribution is 2.31. The lowest BCUT2D eigenvalue weighted by Gasteiger charge is -2.24. The number of hydrogen-bond acceptors (Lipinski definition) is 4. The second-order valence-corrected chi connectivity index (χ2v) is 6.00. The van der Waals surface area contributed by atoms with Crippen LogP contribution in [0, 0.1) is 0 Å². The van der Waals surface area contributed by atoms with Gasteiger partial charge in [0.1, 0.15) is 0 Å². The molecule has 0 atom stereocenters. The molecule has 0 unspecified atom stereocenters. The smallest absolute Gasteiger partial charge is 0.282 e. The van der Waals surface area contributed by atoms with Crippen LogP contribution in [-0.2, 0) is 13.6 Å². The summed E-state index contributed by atoms with van der Waals surface area (Å²) in [5.74, 6) is 0.984. The Kier molecular flexibility index (Phi) is 3.78. The Labute approximate surface area is 122 Å². The van der Waals surface area contributed by atoms with Gasteiger partial charge in [0.2, 0.25) is 0 Å². The highest BCUT2D eigenvalue weighted by molar-refractivity contribution is 7.99. The molecule has 3 rings (SSSR count). The number of rotatable bonds is 2. The van der Waals surface area contributed by atoms with Crippen LogP contribution in [-0.4, -0.2) is 22.1 Å². The van der Waals surface area contributed by atoms with Crippen molar-refractivity contribution in [3.8, 4) is 0 Å². The van der Waals surface area contributed by atoms with E-state index in [9.17, 15) is 4.79 Å². The summed E-state index contributed by atoms with van der Waals surface area (Å²) >= 11 is 1.65. The van der Waals surface area contributed by atoms with Crippen LogP contribution in [0.3, 0.4) is 0 Å². The predicted molar refractivity (Wildman–Crippen MR) is 82.3 cm³/mol. The summed E-state index contributed by atoms with van der Waals surface area (Å²) in [6.45, 7) is 1.78. The zero-order valence-electron chi connectivity index (χ0n) is 11.5. The molecular weight excluding hydrogens is 270 g/mol. The largest absolute Gasteiger partial charge is 0.365 e. The maximum Gasteiger partial charge on any atom is 0.282 e. The second-order valence-electron chi connectivity index (χ2n) is 4.90. The van der Waals surface area contributed by atoms with Gasteiger partial charge >= 0.3 is 0 Å². The molecule has 1 aromatic heterocycles. The molecule has 0 aliphatic carbocycles. The van der Waals surface area contributed by atoms with Gasteiger partial charge in [0.25, 0.3) is 5.56 Å². The van der Waals surface area contributed by atoms with Crippen molar-refractivity contribution >= 4 is 17.4 Å². The Morgan fingerprint density at radius 3 is 2.90 bits per heavy atom. The zero-order chi connectivity index (χ0) is 13.9. The summed E-state index contributed by atoms with van der Waals surface area (Å²) in [5.41, 5.74) is 2.23. The van der Waals surface area contributed by atoms with Crippen molar-refractivity contribution in [3.63, 3.8) is 0 Å². The third-order valence-electron chi connectivity index (χ3n) is 3.45. The van der Waals surface area contributed by atoms with Gasteiger partial charge in [-0.2, -0.15) is 5.10 Å². The van der Waals surface area contributed by atoms with Crippen molar-refractivity contribution in [1.82, 2.24) is 9.78 Å². The van der Waals surface area contributed by atoms with E-state index in [1.54, 1.807) is 18.8 Å². The number of nitrogens with zero attached hydrogens (tertiary/aromatic N) is 3. The molecule has 0 saturated carbocycles. The fourth-order valence-corrected chi connectivity index (χ4v) is 3.45. The summed E-state index contributed by atoms with van der Waals surface area (Å²) < 4.78 is 1.41. The van der Waals surface area contributed by atoms with Crippen molar-refractivity contribution in [3.05, 3.63) is 52.4 Å². The van der Waals surface area contributed by atoms with Crippen LogP contribution in [0.15, 0.2) is 46.2 Å². The van der Waals surface area contributed by atoms with E-state index in [0.29, 0.717) is 0 Å². The molecule has 0 radical (unpaired) electrons. The van der Waals surface area contributed by atoms with E-state index in [-0.39, 0.29) is 5.56 Å². The van der Waals surface area contributed by atoms with Gasteiger partial charge in [0.05, 0.1) is 16.8 Å². The molecule has 2 heterocycles. The van der Waals surface area contributed by atoms with E-state index in [4.69, 9.17) is 0 Å². The molecule has 0 saturated heterocycles. The van der Waals surface area contributed by atoms with Gasteiger partial charge in [-0.25, -0.2) is 4.68 Å². The molecule has 104 valence electrons. The number of hydrogen-bond donors (Lipinski definition) is 0. The fraction of sp³-hybridized carbons (Fsp3) is 0.333. The predicted octanol–water partition coefficient (Wildman–Crippen LogP) is 2.28. The van der Waals surface area contributed by atoms with Crippen molar-refractivity contribution in [2.75, 3.05) is 17.2 Å². The van der Waals surface area contributed by atoms with E-state index in [0.717, 1.165) is 35.8 Å². The van der Waals surface area contributed by atoms with Gasteiger partial charge in [-0.1, -0.05) is 30.3 Å². The molecule has 0 amide bonds. The zero-order valence-corrected chi connectivity index (χ0v) is 12.3. The highest BCUT2D eigenvalue weighted by Gasteiger charge is 2.19. The average Bonchev–Trinajstić information content (AvgIpc) is 2.67. The Morgan fingerprint density at radius 1 is 1.30 bits per heavy atom. The average molecular weight is 287 g/mol. The quantitative estimate of drug-likeness (QED) is 0.849. The first-order valence-corrected chi connectivity index (χ1v) is 7.72. The molecule has 0 N–H and O–H groups in total. The number of anilines is 1. The van der Waals surface area contributed by atoms with Gasteiger partial charge in [-0.15, -0.1) is 11.8 Å². The molecule has 0 bridgehead atoms. The van der Waals surface area contributed by atoms with Crippen LogP contribution in [0.2, 0.25) is 0 Å². The van der Waals surface area contributed by atoms with Gasteiger partial charge in [-0.05, 0) is 17.7 Å². The van der Waals surface area contributed by atoms with E-state index >= 15 is 0 Å². The number of thioether (sulfide) groups is 1. The second kappa shape index (κ2) is 5.71. The van der Waals surface area contributed by atoms with Crippen LogP contribution in [0.25, 0.3) is 0 Å². The van der Waals surface area contributed by atoms with Crippen LogP contribution in [0.4, 0.5) is 5.69 Å². The molecule has 0 fully saturated rings.